The maximum absolute atomic E-state index is 11.7. The summed E-state index contributed by atoms with van der Waals surface area (Å²) < 4.78 is 24.1. The number of nitrogens with one attached hydrogen (secondary N) is 2. The van der Waals surface area contributed by atoms with Crippen LogP contribution < -0.4 is 16.0 Å². The molecule has 1 aromatic heterocycles. The maximum atomic E-state index is 11.7. The van der Waals surface area contributed by atoms with E-state index < -0.39 is 10.0 Å². The summed E-state index contributed by atoms with van der Waals surface area (Å²) in [6.07, 6.45) is 0. The summed E-state index contributed by atoms with van der Waals surface area (Å²) in [4.78, 5) is 2.95. The van der Waals surface area contributed by atoms with Gasteiger partial charge in [-0.1, -0.05) is 0 Å². The Kier molecular flexibility index (Phi) is 4.06. The summed E-state index contributed by atoms with van der Waals surface area (Å²) in [7, 11) is -3.61. The molecule has 0 atom stereocenters. The minimum Gasteiger partial charge on any atom is -0.375 e. The number of sulfonamides is 1. The molecule has 0 fully saturated rings. The van der Waals surface area contributed by atoms with Gasteiger partial charge >= 0.3 is 0 Å². The van der Waals surface area contributed by atoms with Crippen molar-refractivity contribution in [2.75, 3.05) is 0 Å². The number of thiocarbonyl (C=S) groups is 1. The molecule has 1 heterocycles. The summed E-state index contributed by atoms with van der Waals surface area (Å²) in [5.41, 5.74) is 7.29. The molecule has 0 saturated heterocycles. The van der Waals surface area contributed by atoms with Crippen LogP contribution in [0.2, 0.25) is 0 Å². The summed E-state index contributed by atoms with van der Waals surface area (Å²) in [6, 6.07) is 1.52. The Morgan fingerprint density at radius 3 is 2.67 bits per heavy atom. The van der Waals surface area contributed by atoms with Gasteiger partial charge in [0.2, 0.25) is 0 Å². The van der Waals surface area contributed by atoms with E-state index in [4.69, 9.17) is 5.73 Å². The Morgan fingerprint density at radius 1 is 1.67 bits per heavy atom. The van der Waals surface area contributed by atoms with E-state index in [9.17, 15) is 8.42 Å². The van der Waals surface area contributed by atoms with Gasteiger partial charge in [-0.25, -0.2) is 8.42 Å². The second kappa shape index (κ2) is 4.74. The third-order valence-corrected chi connectivity index (χ3v) is 4.60. The second-order valence-electron chi connectivity index (χ2n) is 2.57. The minimum atomic E-state index is -3.61. The summed E-state index contributed by atoms with van der Waals surface area (Å²) in [5.74, 6) is 0. The van der Waals surface area contributed by atoms with Gasteiger partial charge in [0.1, 0.15) is 0 Å². The van der Waals surface area contributed by atoms with Crippen molar-refractivity contribution in [3.05, 3.63) is 14.7 Å². The minimum absolute atomic E-state index is 0.134. The maximum Gasteiger partial charge on any atom is 0.258 e. The number of hydrogen-bond acceptors (Lipinski definition) is 4. The Bertz CT molecular complexity index is 482. The van der Waals surface area contributed by atoms with Crippen molar-refractivity contribution in [2.24, 2.45) is 5.73 Å². The van der Waals surface area contributed by atoms with Crippen LogP contribution in [0.5, 0.6) is 0 Å². The van der Waals surface area contributed by atoms with Crippen LogP contribution in [0.3, 0.4) is 0 Å². The average Bonchev–Trinajstić information content (AvgIpc) is 2.43. The first-order chi connectivity index (χ1) is 6.83. The SMILES string of the molecule is Cc1sc(Br)cc1S(=O)(=O)NNC(N)=S. The molecule has 0 aromatic carbocycles. The number of hydrogen-bond donors (Lipinski definition) is 3. The third-order valence-electron chi connectivity index (χ3n) is 1.44. The van der Waals surface area contributed by atoms with E-state index in [1.54, 1.807) is 6.92 Å². The topological polar surface area (TPSA) is 84.2 Å². The van der Waals surface area contributed by atoms with Crippen LogP contribution in [-0.4, -0.2) is 13.5 Å². The monoisotopic (exact) mass is 329 g/mol. The molecule has 0 amide bonds. The lowest BCUT2D eigenvalue weighted by Gasteiger charge is -2.06. The van der Waals surface area contributed by atoms with Crippen LogP contribution in [0.1, 0.15) is 4.88 Å². The van der Waals surface area contributed by atoms with Gasteiger partial charge in [-0.05, 0) is 41.1 Å². The molecular weight excluding hydrogens is 322 g/mol. The van der Waals surface area contributed by atoms with E-state index in [2.05, 4.69) is 38.4 Å². The first-order valence-electron chi connectivity index (χ1n) is 3.66. The van der Waals surface area contributed by atoms with Crippen LogP contribution in [-0.2, 0) is 10.0 Å². The van der Waals surface area contributed by atoms with E-state index in [1.165, 1.54) is 17.4 Å². The van der Waals surface area contributed by atoms with Crippen LogP contribution in [0, 0.1) is 6.92 Å². The van der Waals surface area contributed by atoms with E-state index in [-0.39, 0.29) is 10.0 Å². The van der Waals surface area contributed by atoms with Gasteiger partial charge in [0.15, 0.2) is 5.11 Å². The van der Waals surface area contributed by atoms with Gasteiger partial charge in [0.25, 0.3) is 10.0 Å². The number of halogens is 1. The highest BCUT2D eigenvalue weighted by atomic mass is 79.9. The fourth-order valence-corrected chi connectivity index (χ4v) is 4.26. The molecule has 5 nitrogen and oxygen atoms in total. The number of rotatable bonds is 3. The zero-order chi connectivity index (χ0) is 11.6. The summed E-state index contributed by atoms with van der Waals surface area (Å²) in [5, 5.41) is -0.134. The van der Waals surface area contributed by atoms with E-state index in [0.717, 1.165) is 3.79 Å². The van der Waals surface area contributed by atoms with Gasteiger partial charge in [0.05, 0.1) is 8.68 Å². The predicted octanol–water partition coefficient (Wildman–Crippen LogP) is 0.846. The lowest BCUT2D eigenvalue weighted by molar-refractivity contribution is 0.577. The van der Waals surface area contributed by atoms with Gasteiger partial charge < -0.3 is 5.73 Å². The van der Waals surface area contributed by atoms with Crippen LogP contribution >= 0.6 is 39.5 Å². The van der Waals surface area contributed by atoms with Crippen LogP contribution in [0.25, 0.3) is 0 Å². The molecule has 0 spiro atoms. The molecule has 1 rings (SSSR count). The highest BCUT2D eigenvalue weighted by molar-refractivity contribution is 9.11. The fourth-order valence-electron chi connectivity index (χ4n) is 0.870. The van der Waals surface area contributed by atoms with Crippen molar-refractivity contribution >= 4 is 54.6 Å². The third kappa shape index (κ3) is 3.38. The lowest BCUT2D eigenvalue weighted by Crippen LogP contribution is -2.44. The Hall–Kier alpha value is -0.220. The summed E-state index contributed by atoms with van der Waals surface area (Å²) in [6.45, 7) is 1.71. The van der Waals surface area contributed by atoms with Gasteiger partial charge in [-0.15, -0.1) is 16.2 Å². The normalized spacial score (nSPS) is 11.3. The van der Waals surface area contributed by atoms with Crippen molar-refractivity contribution in [1.82, 2.24) is 10.3 Å². The molecule has 0 unspecified atom stereocenters. The van der Waals surface area contributed by atoms with Crippen LogP contribution in [0.15, 0.2) is 14.7 Å². The molecule has 0 radical (unpaired) electrons. The highest BCUT2D eigenvalue weighted by Crippen LogP contribution is 2.29. The van der Waals surface area contributed by atoms with Crippen LogP contribution in [0.4, 0.5) is 0 Å². The first kappa shape index (κ1) is 12.8. The molecule has 0 aliphatic carbocycles. The molecule has 4 N–H and O–H groups in total. The number of hydrazine groups is 1. The Balaban J connectivity index is 2.96. The molecule has 0 bridgehead atoms. The molecule has 0 aliphatic rings. The van der Waals surface area contributed by atoms with E-state index in [1.807, 2.05) is 0 Å². The van der Waals surface area contributed by atoms with Gasteiger partial charge in [0, 0.05) is 4.88 Å². The molecule has 84 valence electrons. The second-order valence-corrected chi connectivity index (χ2v) is 7.29. The van der Waals surface area contributed by atoms with Crippen molar-refractivity contribution in [1.29, 1.82) is 0 Å². The average molecular weight is 330 g/mol. The smallest absolute Gasteiger partial charge is 0.258 e. The fraction of sp³-hybridized carbons (Fsp3) is 0.167. The molecule has 15 heavy (non-hydrogen) atoms. The number of aryl methyl sites for hydroxylation is 1. The lowest BCUT2D eigenvalue weighted by atomic mass is 10.5. The molecule has 1 aromatic rings. The van der Waals surface area contributed by atoms with Crippen molar-refractivity contribution in [2.45, 2.75) is 11.8 Å². The molecule has 9 heteroatoms. The molecule has 0 saturated carbocycles. The predicted molar refractivity (Wildman–Crippen MR) is 67.0 cm³/mol. The van der Waals surface area contributed by atoms with Gasteiger partial charge in [-0.2, -0.15) is 0 Å². The summed E-state index contributed by atoms with van der Waals surface area (Å²) >= 11 is 9.03. The van der Waals surface area contributed by atoms with Crippen molar-refractivity contribution in [3.8, 4) is 0 Å². The zero-order valence-corrected chi connectivity index (χ0v) is 11.6. The number of nitrogens with two attached hydrogens (primary N) is 1. The van der Waals surface area contributed by atoms with E-state index in [0.29, 0.717) is 4.88 Å². The Morgan fingerprint density at radius 2 is 2.27 bits per heavy atom. The highest BCUT2D eigenvalue weighted by Gasteiger charge is 2.19. The molecular formula is C6H8BrN3O2S3. The quantitative estimate of drug-likeness (QED) is 0.565. The Labute approximate surface area is 105 Å². The van der Waals surface area contributed by atoms with Gasteiger partial charge in [-0.3, -0.25) is 5.43 Å². The van der Waals surface area contributed by atoms with E-state index >= 15 is 0 Å². The first-order valence-corrected chi connectivity index (χ1v) is 7.16. The standard InChI is InChI=1S/C6H8BrN3O2S3/c1-3-4(2-5(7)14-3)15(11,12)10-9-6(8)13/h2,10H,1H3,(H3,8,9,13). The zero-order valence-electron chi connectivity index (χ0n) is 7.57. The largest absolute Gasteiger partial charge is 0.375 e. The number of thiophene rings is 1. The van der Waals surface area contributed by atoms with Crippen molar-refractivity contribution in [3.63, 3.8) is 0 Å². The molecule has 0 aliphatic heterocycles. The van der Waals surface area contributed by atoms with Crippen molar-refractivity contribution < 1.29 is 8.42 Å².